The van der Waals surface area contributed by atoms with Gasteiger partial charge in [0.05, 0.1) is 11.1 Å². The van der Waals surface area contributed by atoms with Gasteiger partial charge in [-0.05, 0) is 65.7 Å². The molecule has 30 heavy (non-hydrogen) atoms. The van der Waals surface area contributed by atoms with Crippen molar-refractivity contribution >= 4 is 22.7 Å². The van der Waals surface area contributed by atoms with E-state index >= 15 is 0 Å². The van der Waals surface area contributed by atoms with Crippen LogP contribution in [0.3, 0.4) is 0 Å². The summed E-state index contributed by atoms with van der Waals surface area (Å²) < 4.78 is 33.2. The Bertz CT molecular complexity index is 1290. The van der Waals surface area contributed by atoms with Gasteiger partial charge in [-0.2, -0.15) is 0 Å². The van der Waals surface area contributed by atoms with Crippen LogP contribution in [0.15, 0.2) is 65.1 Å². The number of fused-ring (bicyclic) bond motifs is 1. The van der Waals surface area contributed by atoms with Gasteiger partial charge < -0.3 is 9.52 Å². The van der Waals surface area contributed by atoms with Crippen molar-refractivity contribution in [2.75, 3.05) is 0 Å². The molecular weight excluding hydrogens is 390 g/mol. The van der Waals surface area contributed by atoms with Crippen LogP contribution in [0, 0.1) is 11.6 Å². The molecule has 150 valence electrons. The molecule has 1 N–H and O–H groups in total. The van der Waals surface area contributed by atoms with E-state index in [1.165, 1.54) is 36.4 Å². The van der Waals surface area contributed by atoms with Crippen LogP contribution in [0.1, 0.15) is 34.1 Å². The molecule has 0 amide bonds. The molecule has 0 aliphatic rings. The minimum absolute atomic E-state index is 0.157. The number of furan rings is 1. The normalized spacial score (nSPS) is 11.0. The summed E-state index contributed by atoms with van der Waals surface area (Å²) in [4.78, 5) is 24.0. The van der Waals surface area contributed by atoms with E-state index in [-0.39, 0.29) is 17.8 Å². The zero-order valence-electron chi connectivity index (χ0n) is 15.9. The fraction of sp³-hybridized carbons (Fsp3) is 0.0833. The smallest absolute Gasteiger partial charge is 0.335 e. The Morgan fingerprint density at radius 2 is 1.57 bits per heavy atom. The van der Waals surface area contributed by atoms with Gasteiger partial charge in [0.1, 0.15) is 23.0 Å². The van der Waals surface area contributed by atoms with E-state index in [1.54, 1.807) is 25.1 Å². The highest BCUT2D eigenvalue weighted by molar-refractivity contribution is 6.12. The van der Waals surface area contributed by atoms with E-state index in [2.05, 4.69) is 0 Å². The molecule has 3 aromatic carbocycles. The minimum Gasteiger partial charge on any atom is -0.478 e. The average Bonchev–Trinajstić information content (AvgIpc) is 3.11. The van der Waals surface area contributed by atoms with Crippen LogP contribution < -0.4 is 0 Å². The number of carboxylic acid groups (broad SMARTS) is 1. The first-order chi connectivity index (χ1) is 14.4. The molecule has 1 aromatic heterocycles. The number of Topliss-reactive ketones (excluding diaryl/α,β-unsaturated/α-hetero) is 1. The van der Waals surface area contributed by atoms with Gasteiger partial charge in [0.25, 0.3) is 0 Å². The molecule has 0 bridgehead atoms. The third-order valence-corrected chi connectivity index (χ3v) is 4.87. The van der Waals surface area contributed by atoms with Crippen molar-refractivity contribution in [1.29, 1.82) is 0 Å². The Balaban J connectivity index is 1.94. The largest absolute Gasteiger partial charge is 0.478 e. The number of aromatic carboxylic acids is 1. The van der Waals surface area contributed by atoms with Crippen molar-refractivity contribution in [2.45, 2.75) is 13.3 Å². The number of carboxylic acids is 1. The molecule has 0 atom stereocenters. The van der Waals surface area contributed by atoms with E-state index in [4.69, 9.17) is 4.42 Å². The van der Waals surface area contributed by atoms with Crippen LogP contribution >= 0.6 is 0 Å². The number of carbonyl (C=O) groups excluding carboxylic acids is 1. The molecule has 0 spiro atoms. The lowest BCUT2D eigenvalue weighted by molar-refractivity contribution is 0.0696. The lowest BCUT2D eigenvalue weighted by Crippen LogP contribution is -1.98. The zero-order chi connectivity index (χ0) is 21.4. The van der Waals surface area contributed by atoms with Crippen molar-refractivity contribution in [2.24, 2.45) is 0 Å². The van der Waals surface area contributed by atoms with Crippen molar-refractivity contribution in [3.8, 4) is 22.5 Å². The highest BCUT2D eigenvalue weighted by atomic mass is 19.1. The molecular formula is C24H16F2O4. The van der Waals surface area contributed by atoms with E-state index in [1.807, 2.05) is 0 Å². The van der Waals surface area contributed by atoms with Crippen LogP contribution in [0.2, 0.25) is 0 Å². The molecule has 6 heteroatoms. The summed E-state index contributed by atoms with van der Waals surface area (Å²) in [6.07, 6.45) is 0.232. The molecule has 0 saturated carbocycles. The monoisotopic (exact) mass is 406 g/mol. The van der Waals surface area contributed by atoms with Gasteiger partial charge in [0, 0.05) is 17.4 Å². The number of ketones is 1. The number of carbonyl (C=O) groups is 2. The van der Waals surface area contributed by atoms with Crippen molar-refractivity contribution in [3.05, 3.63) is 83.4 Å². The van der Waals surface area contributed by atoms with Crippen LogP contribution in [0.4, 0.5) is 8.78 Å². The minimum atomic E-state index is -1.24. The van der Waals surface area contributed by atoms with Gasteiger partial charge in [-0.3, -0.25) is 4.79 Å². The topological polar surface area (TPSA) is 67.5 Å². The summed E-state index contributed by atoms with van der Waals surface area (Å²) >= 11 is 0. The summed E-state index contributed by atoms with van der Waals surface area (Å²) in [6.45, 7) is 1.73. The summed E-state index contributed by atoms with van der Waals surface area (Å²) in [5, 5.41) is 9.72. The molecule has 0 saturated heterocycles. The second kappa shape index (κ2) is 7.55. The van der Waals surface area contributed by atoms with E-state index < -0.39 is 17.6 Å². The van der Waals surface area contributed by atoms with Gasteiger partial charge >= 0.3 is 5.97 Å². The van der Waals surface area contributed by atoms with Crippen LogP contribution in [-0.4, -0.2) is 16.9 Å². The molecule has 4 aromatic rings. The number of hydrogen-bond acceptors (Lipinski definition) is 3. The average molecular weight is 406 g/mol. The Hall–Kier alpha value is -3.80. The summed E-state index contributed by atoms with van der Waals surface area (Å²) in [5.41, 5.74) is 2.11. The quantitative estimate of drug-likeness (QED) is 0.393. The lowest BCUT2D eigenvalue weighted by Gasteiger charge is -2.05. The predicted molar refractivity (Wildman–Crippen MR) is 109 cm³/mol. The molecule has 0 aliphatic carbocycles. The third-order valence-electron chi connectivity index (χ3n) is 4.87. The molecule has 0 radical (unpaired) electrons. The number of halogens is 2. The number of benzene rings is 3. The van der Waals surface area contributed by atoms with E-state index in [0.29, 0.717) is 39.0 Å². The SMILES string of the molecule is CCC(=O)c1c(-c2ccc(F)cc2)oc2ccc(-c3cc(F)cc(C(=O)O)c3)cc12. The fourth-order valence-electron chi connectivity index (χ4n) is 3.42. The maximum Gasteiger partial charge on any atom is 0.335 e. The number of hydrogen-bond donors (Lipinski definition) is 1. The molecule has 0 unspecified atom stereocenters. The zero-order valence-corrected chi connectivity index (χ0v) is 15.9. The third kappa shape index (κ3) is 3.48. The second-order valence-corrected chi connectivity index (χ2v) is 6.83. The highest BCUT2D eigenvalue weighted by Crippen LogP contribution is 2.37. The van der Waals surface area contributed by atoms with Crippen molar-refractivity contribution in [3.63, 3.8) is 0 Å². The van der Waals surface area contributed by atoms with Gasteiger partial charge in [-0.15, -0.1) is 0 Å². The van der Waals surface area contributed by atoms with Crippen LogP contribution in [0.5, 0.6) is 0 Å². The predicted octanol–water partition coefficient (Wildman–Crippen LogP) is 6.34. The van der Waals surface area contributed by atoms with Crippen molar-refractivity contribution in [1.82, 2.24) is 0 Å². The highest BCUT2D eigenvalue weighted by Gasteiger charge is 2.22. The molecule has 4 rings (SSSR count). The Morgan fingerprint density at radius 1 is 0.867 bits per heavy atom. The Kier molecular flexibility index (Phi) is 4.91. The van der Waals surface area contributed by atoms with Gasteiger partial charge in [0.2, 0.25) is 0 Å². The molecule has 4 nitrogen and oxygen atoms in total. The standard InChI is InChI=1S/C24H16F2O4/c1-2-20(27)22-19-12-14(15-9-16(24(28)29)11-18(26)10-15)5-8-21(19)30-23(22)13-3-6-17(25)7-4-13/h3-12H,2H2,1H3,(H,28,29). The Labute approximate surface area is 170 Å². The van der Waals surface area contributed by atoms with E-state index in [0.717, 1.165) is 6.07 Å². The molecule has 1 heterocycles. The maximum absolute atomic E-state index is 13.9. The van der Waals surface area contributed by atoms with Crippen molar-refractivity contribution < 1.29 is 27.9 Å². The first-order valence-corrected chi connectivity index (χ1v) is 9.27. The lowest BCUT2D eigenvalue weighted by atomic mass is 9.97. The Morgan fingerprint density at radius 3 is 2.23 bits per heavy atom. The summed E-state index contributed by atoms with van der Waals surface area (Å²) in [5.74, 6) is -2.13. The summed E-state index contributed by atoms with van der Waals surface area (Å²) in [6, 6.07) is 14.2. The maximum atomic E-state index is 13.9. The van der Waals surface area contributed by atoms with E-state index in [9.17, 15) is 23.5 Å². The second-order valence-electron chi connectivity index (χ2n) is 6.83. The van der Waals surface area contributed by atoms with Crippen LogP contribution in [-0.2, 0) is 0 Å². The fourth-order valence-corrected chi connectivity index (χ4v) is 3.42. The number of rotatable bonds is 5. The first-order valence-electron chi connectivity index (χ1n) is 9.27. The van der Waals surface area contributed by atoms with Gasteiger partial charge in [-0.25, -0.2) is 13.6 Å². The first kappa shape index (κ1) is 19.5. The van der Waals surface area contributed by atoms with Crippen LogP contribution in [0.25, 0.3) is 33.4 Å². The molecule has 0 aliphatic heterocycles. The van der Waals surface area contributed by atoms with Gasteiger partial charge in [0.15, 0.2) is 5.78 Å². The molecule has 0 fully saturated rings. The summed E-state index contributed by atoms with van der Waals surface area (Å²) in [7, 11) is 0. The van der Waals surface area contributed by atoms with Gasteiger partial charge in [-0.1, -0.05) is 13.0 Å².